The highest BCUT2D eigenvalue weighted by molar-refractivity contribution is 7.91. The maximum absolute atomic E-state index is 12.2. The molecule has 10 heteroatoms. The highest BCUT2D eigenvalue weighted by Crippen LogP contribution is 2.29. The minimum absolute atomic E-state index is 0.0373. The van der Waals surface area contributed by atoms with Crippen LogP contribution in [0, 0.1) is 10.1 Å². The van der Waals surface area contributed by atoms with Gasteiger partial charge in [-0.25, -0.2) is 8.42 Å². The number of halogens is 1. The number of hydrogen-bond acceptors (Lipinski definition) is 6. The van der Waals surface area contributed by atoms with Crippen molar-refractivity contribution in [3.05, 3.63) is 57.6 Å². The zero-order chi connectivity index (χ0) is 19.3. The lowest BCUT2D eigenvalue weighted by Gasteiger charge is -2.08. The molecule has 138 valence electrons. The van der Waals surface area contributed by atoms with Crippen LogP contribution < -0.4 is 10.1 Å². The Labute approximate surface area is 154 Å². The summed E-state index contributed by atoms with van der Waals surface area (Å²) in [5, 5.41) is 13.8. The van der Waals surface area contributed by atoms with Crippen LogP contribution in [-0.2, 0) is 14.6 Å². The van der Waals surface area contributed by atoms with E-state index in [0.717, 1.165) is 0 Å². The molecule has 0 aromatic heterocycles. The zero-order valence-corrected chi connectivity index (χ0v) is 15.2. The number of hydrogen-bond donors (Lipinski definition) is 1. The molecule has 0 radical (unpaired) electrons. The molecule has 0 unspecified atom stereocenters. The average molecular weight is 399 g/mol. The molecule has 2 aromatic rings. The smallest absolute Gasteiger partial charge is 0.296 e. The molecule has 0 aliphatic carbocycles. The summed E-state index contributed by atoms with van der Waals surface area (Å²) in [6.07, 6.45) is -0.353. The van der Waals surface area contributed by atoms with Gasteiger partial charge in [0.2, 0.25) is 5.91 Å². The second-order valence-electron chi connectivity index (χ2n) is 5.21. The first-order chi connectivity index (χ1) is 12.2. The molecule has 0 aliphatic heterocycles. The third kappa shape index (κ3) is 4.93. The zero-order valence-electron chi connectivity index (χ0n) is 13.6. The van der Waals surface area contributed by atoms with Crippen molar-refractivity contribution in [2.24, 2.45) is 0 Å². The number of nitro groups is 1. The molecule has 2 rings (SSSR count). The van der Waals surface area contributed by atoms with Gasteiger partial charge in [-0.15, -0.1) is 0 Å². The number of rotatable bonds is 7. The number of carbonyl (C=O) groups is 1. The van der Waals surface area contributed by atoms with Crippen LogP contribution in [0.2, 0.25) is 5.02 Å². The summed E-state index contributed by atoms with van der Waals surface area (Å²) in [6, 6.07) is 9.52. The fourth-order valence-corrected chi connectivity index (χ4v) is 3.46. The van der Waals surface area contributed by atoms with Crippen molar-refractivity contribution in [1.29, 1.82) is 0 Å². The van der Waals surface area contributed by atoms with Crippen molar-refractivity contribution in [3.8, 4) is 5.75 Å². The lowest BCUT2D eigenvalue weighted by atomic mass is 10.2. The first-order valence-electron chi connectivity index (χ1n) is 7.33. The molecular formula is C16H15ClN2O6S. The van der Waals surface area contributed by atoms with Gasteiger partial charge in [-0.2, -0.15) is 0 Å². The Kier molecular flexibility index (Phi) is 6.17. The highest BCUT2D eigenvalue weighted by Gasteiger charge is 2.20. The van der Waals surface area contributed by atoms with Crippen LogP contribution in [0.25, 0.3) is 0 Å². The van der Waals surface area contributed by atoms with Gasteiger partial charge in [0.05, 0.1) is 28.7 Å². The SMILES string of the molecule is COc1ccc(NC(=O)CCS(=O)(=O)c2ccc(Cl)cc2)c([N+](=O)[O-])c1. The van der Waals surface area contributed by atoms with Gasteiger partial charge in [0.1, 0.15) is 11.4 Å². The van der Waals surface area contributed by atoms with Crippen LogP contribution >= 0.6 is 11.6 Å². The van der Waals surface area contributed by atoms with E-state index in [-0.39, 0.29) is 28.4 Å². The number of nitrogens with zero attached hydrogens (tertiary/aromatic N) is 1. The summed E-state index contributed by atoms with van der Waals surface area (Å²) in [5.41, 5.74) is -0.386. The topological polar surface area (TPSA) is 116 Å². The van der Waals surface area contributed by atoms with Gasteiger partial charge in [-0.3, -0.25) is 14.9 Å². The number of carbonyl (C=O) groups excluding carboxylic acids is 1. The normalized spacial score (nSPS) is 11.0. The minimum atomic E-state index is -3.67. The lowest BCUT2D eigenvalue weighted by molar-refractivity contribution is -0.384. The Morgan fingerprint density at radius 1 is 1.23 bits per heavy atom. The number of nitro benzene ring substituents is 1. The van der Waals surface area contributed by atoms with Gasteiger partial charge in [0.15, 0.2) is 9.84 Å². The predicted octanol–water partition coefficient (Wildman–Crippen LogP) is 3.06. The quantitative estimate of drug-likeness (QED) is 0.566. The van der Waals surface area contributed by atoms with Crippen LogP contribution in [-0.4, -0.2) is 32.1 Å². The van der Waals surface area contributed by atoms with Gasteiger partial charge >= 0.3 is 0 Å². The number of nitrogens with one attached hydrogen (secondary N) is 1. The molecule has 0 fully saturated rings. The van der Waals surface area contributed by atoms with Crippen molar-refractivity contribution in [3.63, 3.8) is 0 Å². The number of anilines is 1. The van der Waals surface area contributed by atoms with Crippen LogP contribution in [0.1, 0.15) is 6.42 Å². The van der Waals surface area contributed by atoms with E-state index < -0.39 is 26.4 Å². The Balaban J connectivity index is 2.07. The van der Waals surface area contributed by atoms with Crippen molar-refractivity contribution >= 4 is 38.7 Å². The van der Waals surface area contributed by atoms with Gasteiger partial charge in [-0.05, 0) is 36.4 Å². The summed E-state index contributed by atoms with van der Waals surface area (Å²) in [6.45, 7) is 0. The predicted molar refractivity (Wildman–Crippen MR) is 96.4 cm³/mol. The van der Waals surface area contributed by atoms with Crippen LogP contribution in [0.5, 0.6) is 5.75 Å². The van der Waals surface area contributed by atoms with Gasteiger partial charge in [-0.1, -0.05) is 11.6 Å². The van der Waals surface area contributed by atoms with Crippen molar-refractivity contribution in [2.45, 2.75) is 11.3 Å². The Morgan fingerprint density at radius 2 is 1.88 bits per heavy atom. The summed E-state index contributed by atoms with van der Waals surface area (Å²) < 4.78 is 29.3. The second-order valence-corrected chi connectivity index (χ2v) is 7.76. The second kappa shape index (κ2) is 8.15. The molecule has 0 aliphatic rings. The Bertz CT molecular complexity index is 928. The first kappa shape index (κ1) is 19.7. The molecule has 0 spiro atoms. The monoisotopic (exact) mass is 398 g/mol. The first-order valence-corrected chi connectivity index (χ1v) is 9.36. The standard InChI is InChI=1S/C16H15ClN2O6S/c1-25-12-4-7-14(15(10-12)19(21)22)18-16(20)8-9-26(23,24)13-5-2-11(17)3-6-13/h2-7,10H,8-9H2,1H3,(H,18,20). The third-order valence-electron chi connectivity index (χ3n) is 3.45. The highest BCUT2D eigenvalue weighted by atomic mass is 35.5. The van der Waals surface area contributed by atoms with E-state index in [0.29, 0.717) is 5.02 Å². The number of sulfone groups is 1. The third-order valence-corrected chi connectivity index (χ3v) is 5.43. The van der Waals surface area contributed by atoms with Crippen molar-refractivity contribution < 1.29 is 22.9 Å². The number of benzene rings is 2. The Morgan fingerprint density at radius 3 is 2.46 bits per heavy atom. The fraction of sp³-hybridized carbons (Fsp3) is 0.188. The Hall–Kier alpha value is -2.65. The summed E-state index contributed by atoms with van der Waals surface area (Å²) in [5.74, 6) is -0.833. The van der Waals surface area contributed by atoms with Crippen molar-refractivity contribution in [2.75, 3.05) is 18.2 Å². The summed E-state index contributed by atoms with van der Waals surface area (Å²) >= 11 is 5.72. The minimum Gasteiger partial charge on any atom is -0.496 e. The molecule has 8 nitrogen and oxygen atoms in total. The largest absolute Gasteiger partial charge is 0.496 e. The molecule has 0 saturated heterocycles. The molecule has 0 heterocycles. The maximum atomic E-state index is 12.2. The van der Waals surface area contributed by atoms with Crippen molar-refractivity contribution in [1.82, 2.24) is 0 Å². The van der Waals surface area contributed by atoms with E-state index in [1.54, 1.807) is 0 Å². The molecule has 1 amide bonds. The van der Waals surface area contributed by atoms with E-state index in [4.69, 9.17) is 16.3 Å². The fourth-order valence-electron chi connectivity index (χ4n) is 2.09. The van der Waals surface area contributed by atoms with E-state index in [1.165, 1.54) is 49.6 Å². The van der Waals surface area contributed by atoms with E-state index in [9.17, 15) is 23.3 Å². The van der Waals surface area contributed by atoms with E-state index in [2.05, 4.69) is 5.32 Å². The van der Waals surface area contributed by atoms with Gasteiger partial charge in [0, 0.05) is 11.4 Å². The molecule has 26 heavy (non-hydrogen) atoms. The molecule has 1 N–H and O–H groups in total. The molecule has 0 atom stereocenters. The van der Waals surface area contributed by atoms with Crippen LogP contribution in [0.15, 0.2) is 47.4 Å². The van der Waals surface area contributed by atoms with Gasteiger partial charge in [0.25, 0.3) is 5.69 Å². The van der Waals surface area contributed by atoms with Crippen LogP contribution in [0.4, 0.5) is 11.4 Å². The number of ether oxygens (including phenoxy) is 1. The maximum Gasteiger partial charge on any atom is 0.296 e. The molecular weight excluding hydrogens is 384 g/mol. The average Bonchev–Trinajstić information content (AvgIpc) is 2.60. The summed E-state index contributed by atoms with van der Waals surface area (Å²) in [4.78, 5) is 22.5. The number of amides is 1. The number of methoxy groups -OCH3 is 1. The van der Waals surface area contributed by atoms with E-state index in [1.807, 2.05) is 0 Å². The van der Waals surface area contributed by atoms with Gasteiger partial charge < -0.3 is 10.1 Å². The lowest BCUT2D eigenvalue weighted by Crippen LogP contribution is -2.18. The van der Waals surface area contributed by atoms with E-state index >= 15 is 0 Å². The molecule has 0 saturated carbocycles. The summed E-state index contributed by atoms with van der Waals surface area (Å²) in [7, 11) is -2.31. The molecule has 2 aromatic carbocycles. The molecule has 0 bridgehead atoms. The van der Waals surface area contributed by atoms with Crippen LogP contribution in [0.3, 0.4) is 0 Å².